The van der Waals surface area contributed by atoms with Crippen LogP contribution in [-0.2, 0) is 14.3 Å². The lowest BCUT2D eigenvalue weighted by Crippen LogP contribution is -2.60. The second-order valence-electron chi connectivity index (χ2n) is 25.7. The molecule has 1 aliphatic heterocycles. The highest BCUT2D eigenvalue weighted by Gasteiger charge is 2.44. The van der Waals surface area contributed by atoms with Crippen LogP contribution >= 0.6 is 0 Å². The third kappa shape index (κ3) is 54.8. The average molecular weight is 1230 g/mol. The molecule has 88 heavy (non-hydrogen) atoms. The third-order valence-corrected chi connectivity index (χ3v) is 17.4. The average Bonchev–Trinajstić information content (AvgIpc) is 3.29. The molecule has 1 amide bonds. The minimum absolute atomic E-state index is 0.187. The van der Waals surface area contributed by atoms with E-state index in [1.165, 1.54) is 244 Å². The molecule has 7 atom stereocenters. The van der Waals surface area contributed by atoms with E-state index in [2.05, 4.69) is 104 Å². The molecule has 6 N–H and O–H groups in total. The number of aliphatic hydroxyl groups excluding tert-OH is 5. The third-order valence-electron chi connectivity index (χ3n) is 17.4. The molecule has 7 unspecified atom stereocenters. The quantitative estimate of drug-likeness (QED) is 0.0261. The van der Waals surface area contributed by atoms with Gasteiger partial charge >= 0.3 is 0 Å². The number of ether oxygens (including phenoxy) is 2. The summed E-state index contributed by atoms with van der Waals surface area (Å²) in [5, 5.41) is 54.8. The number of allylic oxidation sites excluding steroid dienone is 15. The smallest absolute Gasteiger partial charge is 0.220 e. The Morgan fingerprint density at radius 3 is 1.09 bits per heavy atom. The summed E-state index contributed by atoms with van der Waals surface area (Å²) >= 11 is 0. The Bertz CT molecular complexity index is 1720. The van der Waals surface area contributed by atoms with Crippen LogP contribution in [0.25, 0.3) is 0 Å². The molecule has 9 nitrogen and oxygen atoms in total. The van der Waals surface area contributed by atoms with Gasteiger partial charge in [0.05, 0.1) is 25.4 Å². The minimum atomic E-state index is -1.58. The van der Waals surface area contributed by atoms with Crippen LogP contribution in [0.15, 0.2) is 97.2 Å². The standard InChI is InChI=1S/C79H141NO8/c1-3-5-7-9-11-13-15-17-19-21-23-25-27-29-31-33-34-35-36-37-38-39-40-41-43-45-47-49-51-53-55-57-59-61-63-65-67-69-75(83)80-72(71-87-79-78(86)77(85)76(84)74(70-81)88-79)73(82)68-66-64-62-60-58-56-54-52-50-48-46-44-42-32-30-28-26-24-22-20-18-16-14-12-10-8-6-4-2/h5,7,11,13,17,19,23,25,29,31,50,52,58,60,66,68,72-74,76-79,81-82,84-86H,3-4,6,8-10,12,14-16,18,20-22,24,26-28,30,32-49,51,53-57,59,61-65,67,69-71H2,1-2H3,(H,80,83)/b7-5-,13-11-,19-17-,25-23-,31-29-,52-50+,60-58+,68-66+. The zero-order chi connectivity index (χ0) is 63.5. The molecule has 0 bridgehead atoms. The summed E-state index contributed by atoms with van der Waals surface area (Å²) in [7, 11) is 0. The summed E-state index contributed by atoms with van der Waals surface area (Å²) in [5.74, 6) is -0.187. The van der Waals surface area contributed by atoms with Crippen LogP contribution in [0.1, 0.15) is 341 Å². The van der Waals surface area contributed by atoms with E-state index >= 15 is 0 Å². The SMILES string of the molecule is CC/C=C\C/C=C\C/C=C\C/C=C\C/C=C\CCCCCCCCCCCCCCCCCCCCCCCC(=O)NC(COC1OC(CO)C(O)C(O)C1O)C(O)/C=C/CC/C=C/CC/C=C/CCCCCCCCCCCCCCCCCCCC. The first kappa shape index (κ1) is 83.1. The Labute approximate surface area is 543 Å². The maximum atomic E-state index is 13.1. The van der Waals surface area contributed by atoms with Crippen molar-refractivity contribution in [2.75, 3.05) is 13.2 Å². The summed E-state index contributed by atoms with van der Waals surface area (Å²) in [5.41, 5.74) is 0. The molecule has 1 fully saturated rings. The van der Waals surface area contributed by atoms with E-state index in [-0.39, 0.29) is 12.5 Å². The van der Waals surface area contributed by atoms with E-state index in [1.807, 2.05) is 6.08 Å². The van der Waals surface area contributed by atoms with Gasteiger partial charge in [-0.15, -0.1) is 0 Å². The van der Waals surface area contributed by atoms with Crippen LogP contribution in [0.4, 0.5) is 0 Å². The molecule has 0 saturated carbocycles. The maximum Gasteiger partial charge on any atom is 0.220 e. The van der Waals surface area contributed by atoms with Gasteiger partial charge in [0.2, 0.25) is 5.91 Å². The lowest BCUT2D eigenvalue weighted by Gasteiger charge is -2.40. The van der Waals surface area contributed by atoms with Crippen LogP contribution in [-0.4, -0.2) is 87.5 Å². The van der Waals surface area contributed by atoms with Crippen LogP contribution in [0.3, 0.4) is 0 Å². The van der Waals surface area contributed by atoms with Crippen molar-refractivity contribution < 1.29 is 39.8 Å². The van der Waals surface area contributed by atoms with Gasteiger partial charge in [-0.25, -0.2) is 0 Å². The molecule has 0 radical (unpaired) electrons. The molecule has 1 heterocycles. The van der Waals surface area contributed by atoms with Crippen molar-refractivity contribution in [1.29, 1.82) is 0 Å². The number of nitrogens with one attached hydrogen (secondary N) is 1. The maximum absolute atomic E-state index is 13.1. The number of carbonyl (C=O) groups excluding carboxylic acids is 1. The zero-order valence-electron chi connectivity index (χ0n) is 57.2. The predicted molar refractivity (Wildman–Crippen MR) is 378 cm³/mol. The molecule has 0 aromatic rings. The molecule has 0 aliphatic carbocycles. The van der Waals surface area contributed by atoms with Gasteiger partial charge in [-0.2, -0.15) is 0 Å². The van der Waals surface area contributed by atoms with E-state index in [9.17, 15) is 30.3 Å². The molecule has 1 saturated heterocycles. The van der Waals surface area contributed by atoms with E-state index in [1.54, 1.807) is 6.08 Å². The van der Waals surface area contributed by atoms with Crippen molar-refractivity contribution in [3.8, 4) is 0 Å². The highest BCUT2D eigenvalue weighted by Crippen LogP contribution is 2.23. The van der Waals surface area contributed by atoms with Gasteiger partial charge in [-0.3, -0.25) is 4.79 Å². The van der Waals surface area contributed by atoms with E-state index in [0.29, 0.717) is 6.42 Å². The van der Waals surface area contributed by atoms with Crippen LogP contribution in [0, 0.1) is 0 Å². The van der Waals surface area contributed by atoms with Crippen LogP contribution < -0.4 is 5.32 Å². The van der Waals surface area contributed by atoms with E-state index in [4.69, 9.17) is 9.47 Å². The molecular formula is C79H141NO8. The Balaban J connectivity index is 2.12. The first-order valence-electron chi connectivity index (χ1n) is 37.5. The lowest BCUT2D eigenvalue weighted by molar-refractivity contribution is -0.302. The van der Waals surface area contributed by atoms with Gasteiger partial charge < -0.3 is 40.3 Å². The number of unbranched alkanes of at least 4 members (excludes halogenated alkanes) is 41. The van der Waals surface area contributed by atoms with Gasteiger partial charge in [0.15, 0.2) is 6.29 Å². The predicted octanol–water partition coefficient (Wildman–Crippen LogP) is 21.0. The molecule has 0 aromatic carbocycles. The van der Waals surface area contributed by atoms with Gasteiger partial charge in [0, 0.05) is 6.42 Å². The van der Waals surface area contributed by atoms with E-state index < -0.39 is 49.5 Å². The summed E-state index contributed by atoms with van der Waals surface area (Å²) in [6.45, 7) is 3.68. The fourth-order valence-electron chi connectivity index (χ4n) is 11.6. The van der Waals surface area contributed by atoms with Gasteiger partial charge in [-0.1, -0.05) is 342 Å². The number of aliphatic hydroxyl groups is 5. The van der Waals surface area contributed by atoms with Crippen molar-refractivity contribution in [2.45, 2.75) is 384 Å². The second-order valence-corrected chi connectivity index (χ2v) is 25.7. The summed E-state index contributed by atoms with van der Waals surface area (Å²) in [4.78, 5) is 13.1. The lowest BCUT2D eigenvalue weighted by atomic mass is 9.99. The Kier molecular flexibility index (Phi) is 63.3. The van der Waals surface area contributed by atoms with Crippen molar-refractivity contribution >= 4 is 5.91 Å². The minimum Gasteiger partial charge on any atom is -0.394 e. The fourth-order valence-corrected chi connectivity index (χ4v) is 11.6. The molecule has 1 aliphatic rings. The van der Waals surface area contributed by atoms with Crippen LogP contribution in [0.5, 0.6) is 0 Å². The van der Waals surface area contributed by atoms with Crippen molar-refractivity contribution in [1.82, 2.24) is 5.32 Å². The highest BCUT2D eigenvalue weighted by atomic mass is 16.7. The zero-order valence-corrected chi connectivity index (χ0v) is 57.2. The van der Waals surface area contributed by atoms with Crippen molar-refractivity contribution in [3.05, 3.63) is 97.2 Å². The largest absolute Gasteiger partial charge is 0.394 e. The first-order chi connectivity index (χ1) is 43.3. The van der Waals surface area contributed by atoms with Crippen molar-refractivity contribution in [3.63, 3.8) is 0 Å². The first-order valence-corrected chi connectivity index (χ1v) is 37.5. The summed E-state index contributed by atoms with van der Waals surface area (Å²) in [6.07, 6.45) is 91.1. The summed E-state index contributed by atoms with van der Waals surface area (Å²) in [6, 6.07) is -0.833. The normalized spacial score (nSPS) is 18.5. The van der Waals surface area contributed by atoms with E-state index in [0.717, 1.165) is 77.0 Å². The molecule has 9 heteroatoms. The van der Waals surface area contributed by atoms with Gasteiger partial charge in [0.1, 0.15) is 24.4 Å². The molecule has 510 valence electrons. The van der Waals surface area contributed by atoms with Gasteiger partial charge in [0.25, 0.3) is 0 Å². The number of hydrogen-bond acceptors (Lipinski definition) is 8. The number of rotatable bonds is 65. The monoisotopic (exact) mass is 1230 g/mol. The number of hydrogen-bond donors (Lipinski definition) is 6. The molecular weight excluding hydrogens is 1090 g/mol. The van der Waals surface area contributed by atoms with Gasteiger partial charge in [-0.05, 0) is 89.9 Å². The Morgan fingerprint density at radius 1 is 0.398 bits per heavy atom. The molecule has 0 spiro atoms. The highest BCUT2D eigenvalue weighted by molar-refractivity contribution is 5.76. The number of amides is 1. The Morgan fingerprint density at radius 2 is 0.716 bits per heavy atom. The molecule has 1 rings (SSSR count). The topological polar surface area (TPSA) is 149 Å². The van der Waals surface area contributed by atoms with Crippen molar-refractivity contribution in [2.24, 2.45) is 0 Å². The number of carbonyl (C=O) groups is 1. The summed E-state index contributed by atoms with van der Waals surface area (Å²) < 4.78 is 11.3. The molecule has 0 aromatic heterocycles. The fraction of sp³-hybridized carbons (Fsp3) is 0.785. The van der Waals surface area contributed by atoms with Crippen LogP contribution in [0.2, 0.25) is 0 Å². The Hall–Kier alpha value is -2.89. The second kappa shape index (κ2) is 67.0.